The Morgan fingerprint density at radius 2 is 1.96 bits per heavy atom. The minimum atomic E-state index is -0.576. The molecule has 0 spiro atoms. The monoisotopic (exact) mass is 382 g/mol. The highest BCUT2D eigenvalue weighted by molar-refractivity contribution is 6.01. The molecule has 148 valence electrons. The van der Waals surface area contributed by atoms with Crippen LogP contribution < -0.4 is 4.90 Å². The first-order valence-corrected chi connectivity index (χ1v) is 9.76. The Kier molecular flexibility index (Phi) is 4.61. The highest BCUT2D eigenvalue weighted by Gasteiger charge is 2.40. The average Bonchev–Trinajstić information content (AvgIpc) is 3.38. The summed E-state index contributed by atoms with van der Waals surface area (Å²) in [5.41, 5.74) is 2.52. The topological polar surface area (TPSA) is 67.7 Å². The van der Waals surface area contributed by atoms with Gasteiger partial charge in [0.15, 0.2) is 0 Å². The number of amides is 2. The number of carbonyl (C=O) groups is 2. The van der Waals surface area contributed by atoms with Crippen molar-refractivity contribution < 1.29 is 14.3 Å². The zero-order valence-corrected chi connectivity index (χ0v) is 16.6. The normalized spacial score (nSPS) is 19.0. The number of hydrogen-bond donors (Lipinski definition) is 0. The van der Waals surface area contributed by atoms with Crippen LogP contribution in [0.4, 0.5) is 10.5 Å². The average molecular weight is 382 g/mol. The maximum atomic E-state index is 13.3. The third-order valence-electron chi connectivity index (χ3n) is 5.22. The number of hydrogen-bond acceptors (Lipinski definition) is 4. The van der Waals surface area contributed by atoms with Gasteiger partial charge in [-0.25, -0.2) is 9.78 Å². The van der Waals surface area contributed by atoms with Crippen LogP contribution in [0.25, 0.3) is 5.69 Å². The summed E-state index contributed by atoms with van der Waals surface area (Å²) in [7, 11) is 0. The fourth-order valence-electron chi connectivity index (χ4n) is 4.03. The molecule has 2 amide bonds. The van der Waals surface area contributed by atoms with Gasteiger partial charge in [-0.2, -0.15) is 0 Å². The number of ether oxygens (including phenoxy) is 1. The van der Waals surface area contributed by atoms with E-state index >= 15 is 0 Å². The van der Waals surface area contributed by atoms with Gasteiger partial charge in [0.25, 0.3) is 0 Å². The number of anilines is 1. The smallest absolute Gasteiger partial charge is 0.410 e. The van der Waals surface area contributed by atoms with Gasteiger partial charge in [-0.3, -0.25) is 9.69 Å². The van der Waals surface area contributed by atoms with Crippen LogP contribution >= 0.6 is 0 Å². The molecule has 4 rings (SSSR count). The van der Waals surface area contributed by atoms with E-state index < -0.39 is 17.7 Å². The molecule has 1 saturated heterocycles. The van der Waals surface area contributed by atoms with Crippen LogP contribution in [0.1, 0.15) is 39.2 Å². The van der Waals surface area contributed by atoms with E-state index in [4.69, 9.17) is 4.74 Å². The van der Waals surface area contributed by atoms with Crippen molar-refractivity contribution in [1.29, 1.82) is 0 Å². The molecule has 0 radical (unpaired) electrons. The van der Waals surface area contributed by atoms with Crippen molar-refractivity contribution in [1.82, 2.24) is 14.5 Å². The van der Waals surface area contributed by atoms with E-state index in [1.165, 1.54) is 0 Å². The largest absolute Gasteiger partial charge is 0.444 e. The summed E-state index contributed by atoms with van der Waals surface area (Å²) < 4.78 is 7.48. The Hall–Kier alpha value is -2.83. The fraction of sp³-hybridized carbons (Fsp3) is 0.476. The molecule has 2 aliphatic rings. The maximum Gasteiger partial charge on any atom is 0.410 e. The number of benzene rings is 1. The first-order chi connectivity index (χ1) is 13.3. The zero-order chi connectivity index (χ0) is 19.9. The van der Waals surface area contributed by atoms with Gasteiger partial charge < -0.3 is 14.2 Å². The lowest BCUT2D eigenvalue weighted by molar-refractivity contribution is -0.122. The molecule has 0 aliphatic carbocycles. The number of rotatable bonds is 2. The van der Waals surface area contributed by atoms with Crippen molar-refractivity contribution >= 4 is 17.7 Å². The van der Waals surface area contributed by atoms with E-state index in [9.17, 15) is 9.59 Å². The number of aromatic nitrogens is 2. The number of likely N-dealkylation sites (tertiary alicyclic amines) is 1. The first-order valence-electron chi connectivity index (χ1n) is 9.76. The molecule has 7 heteroatoms. The second kappa shape index (κ2) is 6.96. The van der Waals surface area contributed by atoms with Gasteiger partial charge in [-0.1, -0.05) is 6.07 Å². The van der Waals surface area contributed by atoms with E-state index in [2.05, 4.69) is 4.98 Å². The van der Waals surface area contributed by atoms with Gasteiger partial charge in [-0.15, -0.1) is 0 Å². The lowest BCUT2D eigenvalue weighted by Gasteiger charge is -2.30. The van der Waals surface area contributed by atoms with Gasteiger partial charge in [0.1, 0.15) is 11.6 Å². The number of fused-ring (bicyclic) bond motifs is 1. The summed E-state index contributed by atoms with van der Waals surface area (Å²) >= 11 is 0. The van der Waals surface area contributed by atoms with Gasteiger partial charge in [0, 0.05) is 36.7 Å². The summed E-state index contributed by atoms with van der Waals surface area (Å²) in [5, 5.41) is 0. The predicted octanol–water partition coefficient (Wildman–Crippen LogP) is 3.16. The first kappa shape index (κ1) is 18.5. The standard InChI is InChI=1S/C21H26N4O3/c1-21(2,3)28-20(27)25-11-5-8-18(25)19(26)24-12-9-15-16(6-4-7-17(15)24)23-13-10-22-14-23/h4,6-7,10,13-14,18H,5,8-9,11-12H2,1-3H3/t18-/m0/s1. The molecule has 2 aromatic rings. The van der Waals surface area contributed by atoms with Crippen LogP contribution in [0.3, 0.4) is 0 Å². The van der Waals surface area contributed by atoms with Crippen molar-refractivity contribution in [3.63, 3.8) is 0 Å². The SMILES string of the molecule is CC(C)(C)OC(=O)N1CCC[C@H]1C(=O)N1CCc2c1cccc2-n1ccnc1. The third-order valence-corrected chi connectivity index (χ3v) is 5.22. The van der Waals surface area contributed by atoms with E-state index in [1.54, 1.807) is 17.4 Å². The van der Waals surface area contributed by atoms with Crippen LogP contribution in [0.2, 0.25) is 0 Å². The molecule has 28 heavy (non-hydrogen) atoms. The molecule has 1 fully saturated rings. The lowest BCUT2D eigenvalue weighted by atomic mass is 10.1. The van der Waals surface area contributed by atoms with Crippen LogP contribution in [-0.2, 0) is 16.0 Å². The summed E-state index contributed by atoms with van der Waals surface area (Å²) in [6.07, 6.45) is 7.28. The molecule has 1 aromatic carbocycles. The van der Waals surface area contributed by atoms with Crippen molar-refractivity contribution in [2.75, 3.05) is 18.0 Å². The second-order valence-corrected chi connectivity index (χ2v) is 8.32. The molecule has 2 aliphatic heterocycles. The van der Waals surface area contributed by atoms with Crippen molar-refractivity contribution in [2.24, 2.45) is 0 Å². The number of imidazole rings is 1. The van der Waals surface area contributed by atoms with Gasteiger partial charge in [0.05, 0.1) is 12.0 Å². The predicted molar refractivity (Wildman–Crippen MR) is 106 cm³/mol. The van der Waals surface area contributed by atoms with Gasteiger partial charge in [-0.05, 0) is 52.2 Å². The van der Waals surface area contributed by atoms with Crippen LogP contribution in [0.5, 0.6) is 0 Å². The summed E-state index contributed by atoms with van der Waals surface area (Å²) in [6.45, 7) is 6.70. The molecule has 0 bridgehead atoms. The van der Waals surface area contributed by atoms with E-state index in [1.807, 2.05) is 54.6 Å². The van der Waals surface area contributed by atoms with Gasteiger partial charge >= 0.3 is 6.09 Å². The molecule has 3 heterocycles. The molecule has 0 saturated carbocycles. The Morgan fingerprint density at radius 1 is 1.18 bits per heavy atom. The van der Waals surface area contributed by atoms with E-state index in [-0.39, 0.29) is 5.91 Å². The minimum Gasteiger partial charge on any atom is -0.444 e. The summed E-state index contributed by atoms with van der Waals surface area (Å²) in [4.78, 5) is 33.4. The highest BCUT2D eigenvalue weighted by Crippen LogP contribution is 2.34. The maximum absolute atomic E-state index is 13.3. The molecule has 7 nitrogen and oxygen atoms in total. The Morgan fingerprint density at radius 3 is 2.68 bits per heavy atom. The van der Waals surface area contributed by atoms with E-state index in [0.717, 1.165) is 29.8 Å². The molecule has 0 N–H and O–H groups in total. The molecule has 1 atom stereocenters. The fourth-order valence-corrected chi connectivity index (χ4v) is 4.03. The quantitative estimate of drug-likeness (QED) is 0.800. The highest BCUT2D eigenvalue weighted by atomic mass is 16.6. The second-order valence-electron chi connectivity index (χ2n) is 8.32. The van der Waals surface area contributed by atoms with Crippen molar-refractivity contribution in [3.8, 4) is 5.69 Å². The lowest BCUT2D eigenvalue weighted by Crippen LogP contribution is -2.48. The van der Waals surface area contributed by atoms with Crippen molar-refractivity contribution in [2.45, 2.75) is 51.7 Å². The van der Waals surface area contributed by atoms with Crippen LogP contribution in [-0.4, -0.2) is 51.2 Å². The minimum absolute atomic E-state index is 0.0232. The Balaban J connectivity index is 1.57. The van der Waals surface area contributed by atoms with E-state index in [0.29, 0.717) is 19.5 Å². The zero-order valence-electron chi connectivity index (χ0n) is 16.6. The van der Waals surface area contributed by atoms with Crippen molar-refractivity contribution in [3.05, 3.63) is 42.5 Å². The third kappa shape index (κ3) is 3.37. The Bertz CT molecular complexity index is 886. The number of nitrogens with zero attached hydrogens (tertiary/aromatic N) is 4. The molecular formula is C21H26N4O3. The van der Waals surface area contributed by atoms with Gasteiger partial charge in [0.2, 0.25) is 5.91 Å². The molecule has 1 aromatic heterocycles. The summed E-state index contributed by atoms with van der Waals surface area (Å²) in [5.74, 6) is -0.0232. The molecular weight excluding hydrogens is 356 g/mol. The molecule has 0 unspecified atom stereocenters. The number of carbonyl (C=O) groups excluding carboxylic acids is 2. The van der Waals surface area contributed by atoms with Crippen LogP contribution in [0.15, 0.2) is 36.9 Å². The summed E-state index contributed by atoms with van der Waals surface area (Å²) in [6, 6.07) is 5.52. The Labute approximate surface area is 164 Å². The van der Waals surface area contributed by atoms with Crippen LogP contribution in [0, 0.1) is 0 Å².